The normalized spacial score (nSPS) is 11.0. The van der Waals surface area contributed by atoms with Gasteiger partial charge in [-0.05, 0) is 63.2 Å². The van der Waals surface area contributed by atoms with Crippen molar-refractivity contribution in [3.8, 4) is 5.75 Å². The summed E-state index contributed by atoms with van der Waals surface area (Å²) in [5, 5.41) is 5.71. The smallest absolute Gasteiger partial charge is 0.255 e. The lowest BCUT2D eigenvalue weighted by molar-refractivity contribution is 0.0918. The molecule has 6 heteroatoms. The van der Waals surface area contributed by atoms with Gasteiger partial charge in [-0.2, -0.15) is 0 Å². The molecule has 0 saturated heterocycles. The first-order valence-electron chi connectivity index (χ1n) is 8.74. The third kappa shape index (κ3) is 6.75. The molecule has 0 bridgehead atoms. The number of nitrogens with one attached hydrogen (secondary N) is 2. The summed E-state index contributed by atoms with van der Waals surface area (Å²) in [7, 11) is 1.61. The molecule has 144 valence electrons. The number of methoxy groups -OCH3 is 1. The Morgan fingerprint density at radius 2 is 1.63 bits per heavy atom. The van der Waals surface area contributed by atoms with Crippen molar-refractivity contribution in [3.05, 3.63) is 59.7 Å². The summed E-state index contributed by atoms with van der Waals surface area (Å²) in [6, 6.07) is 13.7. The fourth-order valence-electron chi connectivity index (χ4n) is 2.30. The lowest BCUT2D eigenvalue weighted by Gasteiger charge is -2.20. The first kappa shape index (κ1) is 20.5. The van der Waals surface area contributed by atoms with Gasteiger partial charge < -0.3 is 20.1 Å². The molecule has 2 aromatic rings. The molecule has 0 unspecified atom stereocenters. The fourth-order valence-corrected chi connectivity index (χ4v) is 2.30. The first-order chi connectivity index (χ1) is 12.8. The Bertz CT molecular complexity index is 780. The van der Waals surface area contributed by atoms with E-state index < -0.39 is 0 Å². The minimum atomic E-state index is -0.330. The molecule has 0 heterocycles. The zero-order valence-electron chi connectivity index (χ0n) is 16.2. The molecule has 0 spiro atoms. The molecule has 2 rings (SSSR count). The molecular weight excluding hydrogens is 344 g/mol. The van der Waals surface area contributed by atoms with Gasteiger partial charge in [0, 0.05) is 29.5 Å². The van der Waals surface area contributed by atoms with E-state index in [4.69, 9.17) is 9.47 Å². The number of ether oxygens (including phenoxy) is 2. The Morgan fingerprint density at radius 3 is 2.26 bits per heavy atom. The van der Waals surface area contributed by atoms with Gasteiger partial charge in [-0.1, -0.05) is 6.07 Å². The van der Waals surface area contributed by atoms with Crippen LogP contribution < -0.4 is 15.4 Å². The number of benzene rings is 2. The maximum absolute atomic E-state index is 12.4. The third-order valence-corrected chi connectivity index (χ3v) is 3.54. The van der Waals surface area contributed by atoms with E-state index in [0.717, 1.165) is 0 Å². The molecule has 0 fully saturated rings. The van der Waals surface area contributed by atoms with Crippen molar-refractivity contribution >= 4 is 17.5 Å². The molecule has 0 aliphatic rings. The minimum Gasteiger partial charge on any atom is -0.491 e. The molecule has 0 atom stereocenters. The van der Waals surface area contributed by atoms with Crippen LogP contribution in [-0.2, 0) is 4.74 Å². The summed E-state index contributed by atoms with van der Waals surface area (Å²) < 4.78 is 10.4. The van der Waals surface area contributed by atoms with Crippen LogP contribution in [0.3, 0.4) is 0 Å². The second-order valence-corrected chi connectivity index (χ2v) is 7.10. The van der Waals surface area contributed by atoms with Crippen LogP contribution in [-0.4, -0.2) is 37.7 Å². The summed E-state index contributed by atoms with van der Waals surface area (Å²) in [5.41, 5.74) is 1.22. The maximum atomic E-state index is 12.4. The van der Waals surface area contributed by atoms with E-state index in [2.05, 4.69) is 10.6 Å². The van der Waals surface area contributed by atoms with E-state index in [-0.39, 0.29) is 17.4 Å². The predicted octanol–water partition coefficient (Wildman–Crippen LogP) is 3.49. The first-order valence-corrected chi connectivity index (χ1v) is 8.74. The van der Waals surface area contributed by atoms with Crippen molar-refractivity contribution < 1.29 is 19.1 Å². The van der Waals surface area contributed by atoms with Gasteiger partial charge in [-0.3, -0.25) is 9.59 Å². The Balaban J connectivity index is 2.01. The number of rotatable bonds is 7. The van der Waals surface area contributed by atoms with Crippen molar-refractivity contribution in [3.63, 3.8) is 0 Å². The third-order valence-electron chi connectivity index (χ3n) is 3.54. The van der Waals surface area contributed by atoms with Crippen LogP contribution in [0.2, 0.25) is 0 Å². The van der Waals surface area contributed by atoms with Gasteiger partial charge in [0.25, 0.3) is 11.8 Å². The SMILES string of the molecule is COCCOc1ccc(C(=O)Nc2cccc(C(=O)NC(C)(C)C)c2)cc1. The van der Waals surface area contributed by atoms with Crippen LogP contribution in [0.5, 0.6) is 5.75 Å². The van der Waals surface area contributed by atoms with E-state index in [1.54, 1.807) is 55.6 Å². The number of carbonyl (C=O) groups is 2. The monoisotopic (exact) mass is 370 g/mol. The highest BCUT2D eigenvalue weighted by atomic mass is 16.5. The molecule has 0 aromatic heterocycles. The van der Waals surface area contributed by atoms with Crippen LogP contribution in [0.4, 0.5) is 5.69 Å². The van der Waals surface area contributed by atoms with Crippen molar-refractivity contribution in [1.82, 2.24) is 5.32 Å². The Hall–Kier alpha value is -2.86. The summed E-state index contributed by atoms with van der Waals surface area (Å²) >= 11 is 0. The van der Waals surface area contributed by atoms with Gasteiger partial charge in [0.2, 0.25) is 0 Å². The molecular formula is C21H26N2O4. The summed E-state index contributed by atoms with van der Waals surface area (Å²) in [4.78, 5) is 24.7. The highest BCUT2D eigenvalue weighted by Gasteiger charge is 2.16. The van der Waals surface area contributed by atoms with Gasteiger partial charge in [-0.15, -0.1) is 0 Å². The quantitative estimate of drug-likeness (QED) is 0.732. The Kier molecular flexibility index (Phi) is 6.96. The lowest BCUT2D eigenvalue weighted by atomic mass is 10.1. The average molecular weight is 370 g/mol. The van der Waals surface area contributed by atoms with E-state index in [1.807, 2.05) is 20.8 Å². The molecule has 0 aliphatic carbocycles. The number of hydrogen-bond donors (Lipinski definition) is 2. The van der Waals surface area contributed by atoms with Crippen LogP contribution >= 0.6 is 0 Å². The zero-order chi connectivity index (χ0) is 19.9. The number of hydrogen-bond acceptors (Lipinski definition) is 4. The van der Waals surface area contributed by atoms with Crippen LogP contribution in [0.1, 0.15) is 41.5 Å². The van der Waals surface area contributed by atoms with Gasteiger partial charge in [-0.25, -0.2) is 0 Å². The number of amides is 2. The molecule has 27 heavy (non-hydrogen) atoms. The van der Waals surface area contributed by atoms with Crippen LogP contribution in [0.15, 0.2) is 48.5 Å². The van der Waals surface area contributed by atoms with Gasteiger partial charge in [0.1, 0.15) is 12.4 Å². The molecule has 2 N–H and O–H groups in total. The van der Waals surface area contributed by atoms with Crippen molar-refractivity contribution in [2.24, 2.45) is 0 Å². The van der Waals surface area contributed by atoms with Gasteiger partial charge in [0.05, 0.1) is 6.61 Å². The summed E-state index contributed by atoms with van der Waals surface area (Å²) in [5.74, 6) is 0.229. The topological polar surface area (TPSA) is 76.7 Å². The molecule has 2 amide bonds. The maximum Gasteiger partial charge on any atom is 0.255 e. The van der Waals surface area contributed by atoms with Crippen molar-refractivity contribution in [2.45, 2.75) is 26.3 Å². The minimum absolute atomic E-state index is 0.184. The summed E-state index contributed by atoms with van der Waals surface area (Å²) in [6.45, 7) is 6.70. The lowest BCUT2D eigenvalue weighted by Crippen LogP contribution is -2.40. The molecule has 0 aliphatic heterocycles. The zero-order valence-corrected chi connectivity index (χ0v) is 16.2. The average Bonchev–Trinajstić information content (AvgIpc) is 2.61. The highest BCUT2D eigenvalue weighted by molar-refractivity contribution is 6.05. The van der Waals surface area contributed by atoms with Crippen LogP contribution in [0.25, 0.3) is 0 Å². The Labute approximate surface area is 159 Å². The van der Waals surface area contributed by atoms with E-state index in [9.17, 15) is 9.59 Å². The van der Waals surface area contributed by atoms with Crippen molar-refractivity contribution in [2.75, 3.05) is 25.6 Å². The predicted molar refractivity (Wildman–Crippen MR) is 105 cm³/mol. The second kappa shape index (κ2) is 9.19. The largest absolute Gasteiger partial charge is 0.491 e. The molecule has 0 radical (unpaired) electrons. The van der Waals surface area contributed by atoms with Gasteiger partial charge >= 0.3 is 0 Å². The number of carbonyl (C=O) groups excluding carboxylic acids is 2. The molecule has 0 saturated carbocycles. The highest BCUT2D eigenvalue weighted by Crippen LogP contribution is 2.16. The second-order valence-electron chi connectivity index (χ2n) is 7.10. The summed E-state index contributed by atoms with van der Waals surface area (Å²) in [6.07, 6.45) is 0. The fraction of sp³-hybridized carbons (Fsp3) is 0.333. The molecule has 2 aromatic carbocycles. The molecule has 6 nitrogen and oxygen atoms in total. The van der Waals surface area contributed by atoms with E-state index in [1.165, 1.54) is 0 Å². The van der Waals surface area contributed by atoms with Crippen molar-refractivity contribution in [1.29, 1.82) is 0 Å². The van der Waals surface area contributed by atoms with E-state index in [0.29, 0.717) is 35.8 Å². The van der Waals surface area contributed by atoms with Gasteiger partial charge in [0.15, 0.2) is 0 Å². The Morgan fingerprint density at radius 1 is 0.926 bits per heavy atom. The van der Waals surface area contributed by atoms with Crippen LogP contribution in [0, 0.1) is 0 Å². The van der Waals surface area contributed by atoms with E-state index >= 15 is 0 Å². The standard InChI is InChI=1S/C21H26N2O4/c1-21(2,3)23-20(25)16-6-5-7-17(14-16)22-19(24)15-8-10-18(11-9-15)27-13-12-26-4/h5-11,14H,12-13H2,1-4H3,(H,22,24)(H,23,25). The number of anilines is 1.